The minimum Gasteiger partial charge on any atom is -0.335 e. The summed E-state index contributed by atoms with van der Waals surface area (Å²) in [6, 6.07) is 12.0. The summed E-state index contributed by atoms with van der Waals surface area (Å²) < 4.78 is 1.86. The van der Waals surface area contributed by atoms with Gasteiger partial charge in [0.05, 0.1) is 11.5 Å². The van der Waals surface area contributed by atoms with Crippen LogP contribution in [0, 0.1) is 10.1 Å². The smallest absolute Gasteiger partial charge is 0.269 e. The van der Waals surface area contributed by atoms with E-state index in [0.717, 1.165) is 18.5 Å². The number of nitro benzene ring substituents is 1. The summed E-state index contributed by atoms with van der Waals surface area (Å²) in [6.07, 6.45) is 3.13. The largest absolute Gasteiger partial charge is 0.335 e. The second-order valence-corrected chi connectivity index (χ2v) is 7.50. The Kier molecular flexibility index (Phi) is 5.52. The van der Waals surface area contributed by atoms with E-state index in [0.29, 0.717) is 35.5 Å². The summed E-state index contributed by atoms with van der Waals surface area (Å²) in [5, 5.41) is 20.1. The molecule has 0 spiro atoms. The topological polar surface area (TPSA) is 107 Å². The van der Waals surface area contributed by atoms with Gasteiger partial charge in [-0.15, -0.1) is 10.2 Å². The number of likely N-dealkylation sites (tertiary alicyclic amines) is 1. The molecule has 0 bridgehead atoms. The predicted octanol–water partition coefficient (Wildman–Crippen LogP) is 2.99. The number of aromatic nitrogens is 4. The molecule has 148 valence electrons. The third-order valence-electron chi connectivity index (χ3n) is 4.60. The van der Waals surface area contributed by atoms with Crippen LogP contribution in [0.4, 0.5) is 5.69 Å². The number of hydrogen-bond donors (Lipinski definition) is 0. The lowest BCUT2D eigenvalue weighted by Crippen LogP contribution is -2.25. The highest BCUT2D eigenvalue weighted by Crippen LogP contribution is 2.26. The zero-order chi connectivity index (χ0) is 20.2. The van der Waals surface area contributed by atoms with Gasteiger partial charge in [-0.05, 0) is 24.1 Å². The van der Waals surface area contributed by atoms with E-state index in [1.54, 1.807) is 23.2 Å². The maximum Gasteiger partial charge on any atom is 0.269 e. The van der Waals surface area contributed by atoms with Crippen LogP contribution in [0.15, 0.2) is 53.8 Å². The normalized spacial score (nSPS) is 13.8. The van der Waals surface area contributed by atoms with Crippen molar-refractivity contribution in [2.24, 2.45) is 0 Å². The van der Waals surface area contributed by atoms with E-state index in [9.17, 15) is 14.9 Å². The number of carbonyl (C=O) groups excluding carboxylic acids is 1. The number of rotatable bonds is 7. The number of amides is 1. The summed E-state index contributed by atoms with van der Waals surface area (Å²) in [5.41, 5.74) is 1.00. The van der Waals surface area contributed by atoms with Gasteiger partial charge in [-0.1, -0.05) is 30.0 Å². The molecule has 2 aromatic heterocycles. The van der Waals surface area contributed by atoms with Crippen LogP contribution in [0.5, 0.6) is 0 Å². The van der Waals surface area contributed by atoms with Gasteiger partial charge in [0.15, 0.2) is 11.0 Å². The van der Waals surface area contributed by atoms with Crippen molar-refractivity contribution in [3.8, 4) is 5.82 Å². The molecule has 1 fully saturated rings. The summed E-state index contributed by atoms with van der Waals surface area (Å²) >= 11 is 1.46. The van der Waals surface area contributed by atoms with Crippen LogP contribution in [0.2, 0.25) is 0 Å². The molecular formula is C19H18N6O3S. The van der Waals surface area contributed by atoms with Crippen LogP contribution in [0.3, 0.4) is 0 Å². The van der Waals surface area contributed by atoms with Gasteiger partial charge in [-0.2, -0.15) is 0 Å². The maximum atomic E-state index is 12.0. The molecule has 0 atom stereocenters. The molecule has 1 saturated heterocycles. The monoisotopic (exact) mass is 410 g/mol. The Balaban J connectivity index is 1.57. The maximum absolute atomic E-state index is 12.0. The molecule has 0 radical (unpaired) electrons. The van der Waals surface area contributed by atoms with Gasteiger partial charge in [0.1, 0.15) is 5.82 Å². The fraction of sp³-hybridized carbons (Fsp3) is 0.263. The summed E-state index contributed by atoms with van der Waals surface area (Å²) in [4.78, 5) is 28.6. The van der Waals surface area contributed by atoms with Crippen molar-refractivity contribution in [2.45, 2.75) is 30.3 Å². The van der Waals surface area contributed by atoms with Crippen molar-refractivity contribution in [3.63, 3.8) is 0 Å². The van der Waals surface area contributed by atoms with E-state index < -0.39 is 4.92 Å². The van der Waals surface area contributed by atoms with Crippen molar-refractivity contribution in [1.82, 2.24) is 24.6 Å². The zero-order valence-corrected chi connectivity index (χ0v) is 16.3. The Labute approximate surface area is 170 Å². The Morgan fingerprint density at radius 1 is 1.14 bits per heavy atom. The molecule has 1 aromatic carbocycles. The van der Waals surface area contributed by atoms with E-state index in [-0.39, 0.29) is 11.6 Å². The Morgan fingerprint density at radius 3 is 2.62 bits per heavy atom. The third-order valence-corrected chi connectivity index (χ3v) is 5.60. The average molecular weight is 410 g/mol. The molecule has 3 heterocycles. The second-order valence-electron chi connectivity index (χ2n) is 6.55. The standard InChI is InChI=1S/C19H18N6O3S/c26-18-5-3-11-23(18)12-17-21-22-19(24(17)16-4-1-2-10-20-16)29-13-14-6-8-15(9-7-14)25(27)28/h1-2,4,6-10H,3,5,11-13H2. The number of thioether (sulfide) groups is 1. The van der Waals surface area contributed by atoms with Gasteiger partial charge in [-0.25, -0.2) is 4.98 Å². The average Bonchev–Trinajstić information content (AvgIpc) is 3.33. The molecule has 10 heteroatoms. The van der Waals surface area contributed by atoms with Gasteiger partial charge in [0.2, 0.25) is 5.91 Å². The van der Waals surface area contributed by atoms with Crippen LogP contribution < -0.4 is 0 Å². The van der Waals surface area contributed by atoms with E-state index >= 15 is 0 Å². The number of nitro groups is 1. The molecule has 0 unspecified atom stereocenters. The first-order chi connectivity index (χ1) is 14.1. The molecule has 0 aliphatic carbocycles. The molecular weight excluding hydrogens is 392 g/mol. The molecule has 1 aliphatic rings. The minimum absolute atomic E-state index is 0.0629. The number of nitrogens with zero attached hydrogens (tertiary/aromatic N) is 6. The Bertz CT molecular complexity index is 1020. The van der Waals surface area contributed by atoms with Gasteiger partial charge < -0.3 is 4.90 Å². The van der Waals surface area contributed by atoms with Crippen molar-refractivity contribution >= 4 is 23.4 Å². The van der Waals surface area contributed by atoms with Gasteiger partial charge in [0, 0.05) is 37.0 Å². The SMILES string of the molecule is O=C1CCCN1Cc1nnc(SCc2ccc([N+](=O)[O-])cc2)n1-c1ccccn1. The molecule has 0 N–H and O–H groups in total. The van der Waals surface area contributed by atoms with E-state index in [2.05, 4.69) is 15.2 Å². The first-order valence-corrected chi connectivity index (χ1v) is 10.1. The number of hydrogen-bond acceptors (Lipinski definition) is 7. The number of carbonyl (C=O) groups is 1. The molecule has 9 nitrogen and oxygen atoms in total. The van der Waals surface area contributed by atoms with Gasteiger partial charge in [0.25, 0.3) is 5.69 Å². The molecule has 0 saturated carbocycles. The highest BCUT2D eigenvalue weighted by Gasteiger charge is 2.24. The number of benzene rings is 1. The van der Waals surface area contributed by atoms with Crippen LogP contribution in [0.1, 0.15) is 24.2 Å². The number of pyridine rings is 1. The summed E-state index contributed by atoms with van der Waals surface area (Å²) in [5.74, 6) is 2.04. The summed E-state index contributed by atoms with van der Waals surface area (Å²) in [6.45, 7) is 1.11. The second kappa shape index (κ2) is 8.39. The van der Waals surface area contributed by atoms with Crippen molar-refractivity contribution < 1.29 is 9.72 Å². The highest BCUT2D eigenvalue weighted by atomic mass is 32.2. The van der Waals surface area contributed by atoms with E-state index in [1.165, 1.54) is 23.9 Å². The third kappa shape index (κ3) is 4.27. The Morgan fingerprint density at radius 2 is 1.97 bits per heavy atom. The fourth-order valence-electron chi connectivity index (χ4n) is 3.12. The Hall–Kier alpha value is -3.27. The molecule has 4 rings (SSSR count). The summed E-state index contributed by atoms with van der Waals surface area (Å²) in [7, 11) is 0. The lowest BCUT2D eigenvalue weighted by atomic mass is 10.2. The molecule has 3 aromatic rings. The van der Waals surface area contributed by atoms with E-state index in [1.807, 2.05) is 22.8 Å². The van der Waals surface area contributed by atoms with Crippen molar-refractivity contribution in [2.75, 3.05) is 6.54 Å². The van der Waals surface area contributed by atoms with Gasteiger partial charge >= 0.3 is 0 Å². The van der Waals surface area contributed by atoms with Crippen molar-refractivity contribution in [1.29, 1.82) is 0 Å². The first-order valence-electron chi connectivity index (χ1n) is 9.11. The van der Waals surface area contributed by atoms with Crippen LogP contribution in [-0.2, 0) is 17.1 Å². The quantitative estimate of drug-likeness (QED) is 0.335. The number of non-ortho nitro benzene ring substituents is 1. The van der Waals surface area contributed by atoms with Crippen molar-refractivity contribution in [3.05, 3.63) is 70.2 Å². The van der Waals surface area contributed by atoms with Gasteiger partial charge in [-0.3, -0.25) is 19.5 Å². The zero-order valence-electron chi connectivity index (χ0n) is 15.5. The van der Waals surface area contributed by atoms with Crippen LogP contribution in [0.25, 0.3) is 5.82 Å². The lowest BCUT2D eigenvalue weighted by molar-refractivity contribution is -0.384. The van der Waals surface area contributed by atoms with Crippen LogP contribution >= 0.6 is 11.8 Å². The molecule has 1 aliphatic heterocycles. The fourth-order valence-corrected chi connectivity index (χ4v) is 4.03. The lowest BCUT2D eigenvalue weighted by Gasteiger charge is -2.16. The minimum atomic E-state index is -0.416. The van der Waals surface area contributed by atoms with Crippen LogP contribution in [-0.4, -0.2) is 42.0 Å². The predicted molar refractivity (Wildman–Crippen MR) is 106 cm³/mol. The highest BCUT2D eigenvalue weighted by molar-refractivity contribution is 7.98. The molecule has 1 amide bonds. The first kappa shape index (κ1) is 19.1. The molecule has 29 heavy (non-hydrogen) atoms. The van der Waals surface area contributed by atoms with E-state index in [4.69, 9.17) is 0 Å².